The number of amidine groups is 1. The van der Waals surface area contributed by atoms with Gasteiger partial charge in [0.2, 0.25) is 0 Å². The second-order valence-corrected chi connectivity index (χ2v) is 5.68. The molecule has 0 saturated carbocycles. The number of nitrogens with zero attached hydrogens (tertiary/aromatic N) is 2. The van der Waals surface area contributed by atoms with Crippen molar-refractivity contribution in [2.75, 3.05) is 31.6 Å². The van der Waals surface area contributed by atoms with Gasteiger partial charge in [-0.3, -0.25) is 4.31 Å². The number of nitrogens with one attached hydrogen (secondary N) is 1. The third kappa shape index (κ3) is 4.08. The number of oxime groups is 1. The molecule has 9 heteroatoms. The average molecular weight is 302 g/mol. The van der Waals surface area contributed by atoms with Crippen molar-refractivity contribution in [3.63, 3.8) is 0 Å². The van der Waals surface area contributed by atoms with Gasteiger partial charge in [0, 0.05) is 26.3 Å². The van der Waals surface area contributed by atoms with Crippen LogP contribution in [0.3, 0.4) is 0 Å². The quantitative estimate of drug-likeness (QED) is 0.210. The lowest BCUT2D eigenvalue weighted by Crippen LogP contribution is -2.39. The Hall–Kier alpha value is -1.84. The summed E-state index contributed by atoms with van der Waals surface area (Å²) in [5.41, 5.74) is 6.28. The number of anilines is 1. The van der Waals surface area contributed by atoms with Crippen molar-refractivity contribution in [3.05, 3.63) is 29.8 Å². The van der Waals surface area contributed by atoms with Crippen LogP contribution in [0, 0.1) is 0 Å². The van der Waals surface area contributed by atoms with Crippen LogP contribution in [0.1, 0.15) is 5.56 Å². The smallest absolute Gasteiger partial charge is 0.301 e. The lowest BCUT2D eigenvalue weighted by Gasteiger charge is -2.20. The molecule has 1 aromatic rings. The molecule has 0 unspecified atom stereocenters. The summed E-state index contributed by atoms with van der Waals surface area (Å²) in [6.45, 7) is 0.445. The van der Waals surface area contributed by atoms with Gasteiger partial charge in [0.05, 0.1) is 12.3 Å². The van der Waals surface area contributed by atoms with Crippen molar-refractivity contribution in [2.45, 2.75) is 0 Å². The van der Waals surface area contributed by atoms with Crippen molar-refractivity contribution < 1.29 is 18.4 Å². The maximum Gasteiger partial charge on any atom is 0.301 e. The summed E-state index contributed by atoms with van der Waals surface area (Å²) in [5, 5.41) is 11.5. The number of ether oxygens (including phenoxy) is 1. The Bertz CT molecular complexity index is 574. The van der Waals surface area contributed by atoms with E-state index in [1.165, 1.54) is 20.2 Å². The lowest BCUT2D eigenvalue weighted by atomic mass is 10.2. The Labute approximate surface area is 118 Å². The van der Waals surface area contributed by atoms with E-state index in [2.05, 4.69) is 9.88 Å². The van der Waals surface area contributed by atoms with E-state index in [-0.39, 0.29) is 19.0 Å². The van der Waals surface area contributed by atoms with Crippen LogP contribution < -0.4 is 14.8 Å². The zero-order valence-corrected chi connectivity index (χ0v) is 12.1. The third-order valence-corrected chi connectivity index (χ3v) is 4.07. The van der Waals surface area contributed by atoms with Gasteiger partial charge in [-0.25, -0.2) is 0 Å². The maximum absolute atomic E-state index is 12.0. The van der Waals surface area contributed by atoms with Gasteiger partial charge in [0.15, 0.2) is 5.84 Å². The highest BCUT2D eigenvalue weighted by Gasteiger charge is 2.18. The van der Waals surface area contributed by atoms with Crippen LogP contribution in [0.4, 0.5) is 5.69 Å². The van der Waals surface area contributed by atoms with Crippen molar-refractivity contribution in [3.8, 4) is 0 Å². The summed E-state index contributed by atoms with van der Waals surface area (Å²) in [7, 11) is -0.787. The summed E-state index contributed by atoms with van der Waals surface area (Å²) in [6, 6.07) is 6.33. The fourth-order valence-corrected chi connectivity index (χ4v) is 2.35. The summed E-state index contributed by atoms with van der Waals surface area (Å²) in [4.78, 5) is 0. The Kier molecular flexibility index (Phi) is 5.74. The normalized spacial score (nSPS) is 12.4. The molecular formula is C11H18N4O4S. The molecule has 112 valence electrons. The minimum Gasteiger partial charge on any atom is -0.409 e. The highest BCUT2D eigenvalue weighted by Crippen LogP contribution is 2.17. The molecule has 1 aromatic carbocycles. The van der Waals surface area contributed by atoms with Gasteiger partial charge in [-0.1, -0.05) is 17.3 Å². The molecule has 0 aliphatic carbocycles. The molecule has 0 amide bonds. The zero-order valence-electron chi connectivity index (χ0n) is 11.3. The van der Waals surface area contributed by atoms with Crippen LogP contribution >= 0.6 is 0 Å². The van der Waals surface area contributed by atoms with E-state index < -0.39 is 10.2 Å². The van der Waals surface area contributed by atoms with Gasteiger partial charge in [-0.2, -0.15) is 13.1 Å². The first-order valence-electron chi connectivity index (χ1n) is 5.72. The highest BCUT2D eigenvalue weighted by atomic mass is 32.2. The van der Waals surface area contributed by atoms with Crippen LogP contribution in [0.15, 0.2) is 29.4 Å². The molecule has 8 nitrogen and oxygen atoms in total. The molecular weight excluding hydrogens is 284 g/mol. The van der Waals surface area contributed by atoms with Gasteiger partial charge in [-0.15, -0.1) is 0 Å². The molecule has 0 fully saturated rings. The van der Waals surface area contributed by atoms with Gasteiger partial charge in [-0.05, 0) is 12.1 Å². The first-order valence-corrected chi connectivity index (χ1v) is 7.17. The van der Waals surface area contributed by atoms with E-state index in [9.17, 15) is 8.42 Å². The Balaban J connectivity index is 2.94. The Morgan fingerprint density at radius 3 is 2.85 bits per heavy atom. The molecule has 0 atom stereocenters. The monoisotopic (exact) mass is 302 g/mol. The number of hydrogen-bond acceptors (Lipinski definition) is 5. The fraction of sp³-hybridized carbons (Fsp3) is 0.364. The van der Waals surface area contributed by atoms with Crippen LogP contribution in [-0.2, 0) is 14.9 Å². The van der Waals surface area contributed by atoms with E-state index in [4.69, 9.17) is 15.7 Å². The van der Waals surface area contributed by atoms with E-state index in [0.29, 0.717) is 11.3 Å². The number of hydrogen-bond donors (Lipinski definition) is 3. The molecule has 0 radical (unpaired) electrons. The summed E-state index contributed by atoms with van der Waals surface area (Å²) in [5.74, 6) is -0.0926. The van der Waals surface area contributed by atoms with Crippen LogP contribution in [0.5, 0.6) is 0 Å². The molecule has 0 aliphatic rings. The molecule has 0 heterocycles. The van der Waals surface area contributed by atoms with E-state index in [0.717, 1.165) is 4.31 Å². The van der Waals surface area contributed by atoms with E-state index >= 15 is 0 Å². The van der Waals surface area contributed by atoms with Crippen molar-refractivity contribution in [1.82, 2.24) is 4.72 Å². The molecule has 0 spiro atoms. The first-order chi connectivity index (χ1) is 9.42. The summed E-state index contributed by atoms with van der Waals surface area (Å²) >= 11 is 0. The summed E-state index contributed by atoms with van der Waals surface area (Å²) in [6.07, 6.45) is 0. The van der Waals surface area contributed by atoms with Gasteiger partial charge < -0.3 is 15.7 Å². The molecule has 20 heavy (non-hydrogen) atoms. The van der Waals surface area contributed by atoms with Crippen molar-refractivity contribution in [2.24, 2.45) is 10.9 Å². The van der Waals surface area contributed by atoms with E-state index in [1.54, 1.807) is 18.2 Å². The molecule has 0 bridgehead atoms. The topological polar surface area (TPSA) is 117 Å². The number of nitrogens with two attached hydrogens (primary N) is 1. The van der Waals surface area contributed by atoms with Crippen molar-refractivity contribution >= 4 is 21.7 Å². The molecule has 0 saturated heterocycles. The lowest BCUT2D eigenvalue weighted by molar-refractivity contribution is 0.204. The third-order valence-electron chi connectivity index (χ3n) is 2.56. The number of methoxy groups -OCH3 is 1. The molecule has 1 rings (SSSR count). The largest absolute Gasteiger partial charge is 0.409 e. The van der Waals surface area contributed by atoms with Gasteiger partial charge in [0.1, 0.15) is 0 Å². The second-order valence-electron chi connectivity index (χ2n) is 3.90. The molecule has 4 N–H and O–H groups in total. The Morgan fingerprint density at radius 2 is 2.25 bits per heavy atom. The fourth-order valence-electron chi connectivity index (χ4n) is 1.43. The first kappa shape index (κ1) is 16.2. The Morgan fingerprint density at radius 1 is 1.55 bits per heavy atom. The van der Waals surface area contributed by atoms with Crippen LogP contribution in [-0.4, -0.2) is 46.8 Å². The minimum atomic E-state index is -3.67. The van der Waals surface area contributed by atoms with E-state index in [1.807, 2.05) is 0 Å². The minimum absolute atomic E-state index is 0.0926. The predicted octanol–water partition coefficient (Wildman–Crippen LogP) is -0.302. The SMILES string of the molecule is COCCNS(=O)(=O)N(C)c1cccc(/C(N)=N/O)c1. The van der Waals surface area contributed by atoms with Gasteiger partial charge >= 0.3 is 10.2 Å². The second kappa shape index (κ2) is 7.08. The van der Waals surface area contributed by atoms with Crippen LogP contribution in [0.25, 0.3) is 0 Å². The average Bonchev–Trinajstić information content (AvgIpc) is 2.45. The predicted molar refractivity (Wildman–Crippen MR) is 76.2 cm³/mol. The number of benzene rings is 1. The zero-order chi connectivity index (χ0) is 15.2. The van der Waals surface area contributed by atoms with Gasteiger partial charge in [0.25, 0.3) is 0 Å². The molecule has 0 aromatic heterocycles. The maximum atomic E-state index is 12.0. The van der Waals surface area contributed by atoms with Crippen LogP contribution in [0.2, 0.25) is 0 Å². The standard InChI is InChI=1S/C11H18N4O4S/c1-15(20(17,18)13-6-7-19-2)10-5-3-4-9(8-10)11(12)14-16/h3-5,8,13,16H,6-7H2,1-2H3,(H2,12,14). The molecule has 0 aliphatic heterocycles. The summed E-state index contributed by atoms with van der Waals surface area (Å²) < 4.78 is 32.2. The highest BCUT2D eigenvalue weighted by molar-refractivity contribution is 7.90. The number of rotatable bonds is 7. The van der Waals surface area contributed by atoms with Crippen molar-refractivity contribution in [1.29, 1.82) is 0 Å².